The summed E-state index contributed by atoms with van der Waals surface area (Å²) in [5, 5.41) is 11.0. The predicted molar refractivity (Wildman–Crippen MR) is 84.7 cm³/mol. The van der Waals surface area contributed by atoms with E-state index in [2.05, 4.69) is 14.7 Å². The number of hydrogen-bond acceptors (Lipinski definition) is 5. The highest BCUT2D eigenvalue weighted by Gasteiger charge is 2.24. The fourth-order valence-corrected chi connectivity index (χ4v) is 3.33. The fourth-order valence-electron chi connectivity index (χ4n) is 2.24. The van der Waals surface area contributed by atoms with E-state index >= 15 is 0 Å². The number of nitrogens with one attached hydrogen (secondary N) is 2. The molecule has 0 unspecified atom stereocenters. The molecule has 0 atom stereocenters. The highest BCUT2D eigenvalue weighted by Crippen LogP contribution is 2.28. The van der Waals surface area contributed by atoms with Crippen molar-refractivity contribution in [2.75, 3.05) is 4.72 Å². The maximum atomic E-state index is 13.9. The van der Waals surface area contributed by atoms with Crippen molar-refractivity contribution in [1.29, 1.82) is 0 Å². The molecule has 3 aromatic rings. The van der Waals surface area contributed by atoms with Gasteiger partial charge >= 0.3 is 0 Å². The van der Waals surface area contributed by atoms with E-state index in [4.69, 9.17) is 0 Å². The molecule has 0 saturated carbocycles. The average molecular weight is 350 g/mol. The second-order valence-electron chi connectivity index (χ2n) is 5.02. The molecule has 0 amide bonds. The van der Waals surface area contributed by atoms with E-state index in [-0.39, 0.29) is 11.3 Å². The number of halogens is 1. The van der Waals surface area contributed by atoms with Crippen molar-refractivity contribution in [3.8, 4) is 0 Å². The molecule has 0 spiro atoms. The van der Waals surface area contributed by atoms with Crippen molar-refractivity contribution in [2.24, 2.45) is 0 Å². The first-order valence-electron chi connectivity index (χ1n) is 6.69. The summed E-state index contributed by atoms with van der Waals surface area (Å²) in [7, 11) is -4.23. The first-order valence-corrected chi connectivity index (χ1v) is 8.17. The number of benzene rings is 2. The van der Waals surface area contributed by atoms with Crippen LogP contribution in [0.5, 0.6) is 0 Å². The lowest BCUT2D eigenvalue weighted by atomic mass is 10.2. The Kier molecular flexibility index (Phi) is 3.68. The van der Waals surface area contributed by atoms with E-state index in [1.807, 2.05) is 0 Å². The summed E-state index contributed by atoms with van der Waals surface area (Å²) >= 11 is 0. The molecule has 3 rings (SSSR count). The summed E-state index contributed by atoms with van der Waals surface area (Å²) < 4.78 is 41.1. The summed E-state index contributed by atoms with van der Waals surface area (Å²) in [6, 6.07) is 6.37. The molecule has 24 heavy (non-hydrogen) atoms. The topological polar surface area (TPSA) is 118 Å². The molecule has 2 aromatic carbocycles. The molecule has 0 aliphatic rings. The maximum Gasteiger partial charge on any atom is 0.276 e. The van der Waals surface area contributed by atoms with Crippen molar-refractivity contribution >= 4 is 32.4 Å². The van der Waals surface area contributed by atoms with E-state index < -0.39 is 31.3 Å². The van der Waals surface area contributed by atoms with Crippen LogP contribution < -0.4 is 4.72 Å². The SMILES string of the molecule is Cc1c(F)cc(S(=O)(=O)Nc2cccc3[nH]cnc23)cc1[N+](=O)[O-]. The molecule has 10 heteroatoms. The van der Waals surface area contributed by atoms with Crippen LogP contribution in [0.25, 0.3) is 11.0 Å². The number of aromatic nitrogens is 2. The summed E-state index contributed by atoms with van der Waals surface area (Å²) in [5.74, 6) is -0.970. The summed E-state index contributed by atoms with van der Waals surface area (Å²) in [6.45, 7) is 1.21. The van der Waals surface area contributed by atoms with Gasteiger partial charge in [0.1, 0.15) is 11.3 Å². The number of aromatic amines is 1. The second kappa shape index (κ2) is 5.57. The van der Waals surface area contributed by atoms with Gasteiger partial charge in [-0.1, -0.05) is 6.07 Å². The van der Waals surface area contributed by atoms with Crippen molar-refractivity contribution in [3.05, 3.63) is 58.2 Å². The smallest absolute Gasteiger partial charge is 0.276 e. The van der Waals surface area contributed by atoms with Gasteiger partial charge in [0.25, 0.3) is 15.7 Å². The van der Waals surface area contributed by atoms with Gasteiger partial charge in [-0.15, -0.1) is 0 Å². The van der Waals surface area contributed by atoms with Crippen LogP contribution >= 0.6 is 0 Å². The lowest BCUT2D eigenvalue weighted by molar-refractivity contribution is -0.385. The molecule has 0 saturated heterocycles. The Morgan fingerprint density at radius 2 is 2.08 bits per heavy atom. The normalized spacial score (nSPS) is 11.6. The van der Waals surface area contributed by atoms with Crippen molar-refractivity contribution in [3.63, 3.8) is 0 Å². The van der Waals surface area contributed by atoms with Gasteiger partial charge < -0.3 is 4.98 Å². The highest BCUT2D eigenvalue weighted by molar-refractivity contribution is 7.92. The number of anilines is 1. The number of imidazole rings is 1. The van der Waals surface area contributed by atoms with E-state index in [0.29, 0.717) is 11.0 Å². The van der Waals surface area contributed by atoms with Crippen LogP contribution in [-0.2, 0) is 10.0 Å². The number of rotatable bonds is 4. The molecule has 1 aromatic heterocycles. The molecular formula is C14H11FN4O4S. The quantitative estimate of drug-likeness (QED) is 0.554. The van der Waals surface area contributed by atoms with Gasteiger partial charge in [-0.2, -0.15) is 0 Å². The zero-order chi connectivity index (χ0) is 17.5. The third-order valence-electron chi connectivity index (χ3n) is 3.49. The monoisotopic (exact) mass is 350 g/mol. The summed E-state index contributed by atoms with van der Waals surface area (Å²) in [4.78, 5) is 16.4. The third-order valence-corrected chi connectivity index (χ3v) is 4.84. The largest absolute Gasteiger partial charge is 0.345 e. The number of sulfonamides is 1. The molecule has 1 heterocycles. The lowest BCUT2D eigenvalue weighted by Gasteiger charge is -2.09. The standard InChI is InChI=1S/C14H11FN4O4S/c1-8-10(15)5-9(6-13(8)19(20)21)24(22,23)18-12-4-2-3-11-14(12)17-7-16-11/h2-7,18H,1H3,(H,16,17). The molecule has 8 nitrogen and oxygen atoms in total. The van der Waals surface area contributed by atoms with E-state index in [1.165, 1.54) is 19.3 Å². The first kappa shape index (κ1) is 15.9. The molecule has 0 bridgehead atoms. The Morgan fingerprint density at radius 1 is 1.33 bits per heavy atom. The van der Waals surface area contributed by atoms with Crippen molar-refractivity contribution in [2.45, 2.75) is 11.8 Å². The lowest BCUT2D eigenvalue weighted by Crippen LogP contribution is -2.14. The van der Waals surface area contributed by atoms with Crippen molar-refractivity contribution < 1.29 is 17.7 Å². The van der Waals surface area contributed by atoms with Gasteiger partial charge in [0.15, 0.2) is 0 Å². The van der Waals surface area contributed by atoms with Crippen LogP contribution in [0.1, 0.15) is 5.56 Å². The molecule has 0 aliphatic carbocycles. The minimum Gasteiger partial charge on any atom is -0.345 e. The van der Waals surface area contributed by atoms with Crippen LogP contribution in [0.15, 0.2) is 41.6 Å². The predicted octanol–water partition coefficient (Wildman–Crippen LogP) is 2.72. The number of para-hydroxylation sites is 1. The molecule has 0 fully saturated rings. The van der Waals surface area contributed by atoms with Gasteiger partial charge in [-0.25, -0.2) is 17.8 Å². The zero-order valence-corrected chi connectivity index (χ0v) is 13.1. The van der Waals surface area contributed by atoms with Gasteiger partial charge in [-0.05, 0) is 25.1 Å². The number of hydrogen-bond donors (Lipinski definition) is 2. The highest BCUT2D eigenvalue weighted by atomic mass is 32.2. The minimum absolute atomic E-state index is 0.178. The van der Waals surface area contributed by atoms with Gasteiger partial charge in [0, 0.05) is 6.07 Å². The van der Waals surface area contributed by atoms with Crippen LogP contribution in [0.4, 0.5) is 15.8 Å². The Balaban J connectivity index is 2.08. The molecular weight excluding hydrogens is 339 g/mol. The Labute approximate surface area is 135 Å². The summed E-state index contributed by atoms with van der Waals surface area (Å²) in [5.41, 5.74) is 0.332. The second-order valence-corrected chi connectivity index (χ2v) is 6.70. The van der Waals surface area contributed by atoms with Gasteiger partial charge in [0.2, 0.25) is 0 Å². The van der Waals surface area contributed by atoms with Crippen LogP contribution in [-0.4, -0.2) is 23.3 Å². The maximum absolute atomic E-state index is 13.9. The minimum atomic E-state index is -4.23. The fraction of sp³-hybridized carbons (Fsp3) is 0.0714. The van der Waals surface area contributed by atoms with Gasteiger partial charge in [0.05, 0.1) is 32.9 Å². The van der Waals surface area contributed by atoms with E-state index in [9.17, 15) is 22.9 Å². The Bertz CT molecular complexity index is 1060. The molecule has 124 valence electrons. The third kappa shape index (κ3) is 2.67. The number of fused-ring (bicyclic) bond motifs is 1. The Morgan fingerprint density at radius 3 is 2.79 bits per heavy atom. The molecule has 0 aliphatic heterocycles. The Hall–Kier alpha value is -3.01. The number of H-pyrrole nitrogens is 1. The van der Waals surface area contributed by atoms with Crippen molar-refractivity contribution in [1.82, 2.24) is 9.97 Å². The number of nitro groups is 1. The van der Waals surface area contributed by atoms with Crippen LogP contribution in [0.2, 0.25) is 0 Å². The average Bonchev–Trinajstić information content (AvgIpc) is 2.98. The number of nitrogens with zero attached hydrogens (tertiary/aromatic N) is 2. The van der Waals surface area contributed by atoms with E-state index in [0.717, 1.165) is 12.1 Å². The van der Waals surface area contributed by atoms with E-state index in [1.54, 1.807) is 12.1 Å². The molecule has 0 radical (unpaired) electrons. The zero-order valence-electron chi connectivity index (χ0n) is 12.3. The summed E-state index contributed by atoms with van der Waals surface area (Å²) in [6.07, 6.45) is 1.40. The van der Waals surface area contributed by atoms with Crippen LogP contribution in [0.3, 0.4) is 0 Å². The molecule has 2 N–H and O–H groups in total. The van der Waals surface area contributed by atoms with Gasteiger partial charge in [-0.3, -0.25) is 14.8 Å². The number of nitro benzene ring substituents is 1. The van der Waals surface area contributed by atoms with Crippen LogP contribution in [0, 0.1) is 22.9 Å². The first-order chi connectivity index (χ1) is 11.3.